The SMILES string of the molecule is CCCC(=O)O[S+](C(=S)N(C)C)C(=S)N(C)C. The zero-order valence-corrected chi connectivity index (χ0v) is 13.3. The smallest absolute Gasteiger partial charge is 0.326 e. The molecule has 0 rings (SSSR count). The van der Waals surface area contributed by atoms with Gasteiger partial charge in [-0.3, -0.25) is 0 Å². The van der Waals surface area contributed by atoms with E-state index in [1.54, 1.807) is 9.80 Å². The van der Waals surface area contributed by atoms with Gasteiger partial charge in [0.25, 0.3) is 0 Å². The van der Waals surface area contributed by atoms with Crippen LogP contribution in [0.2, 0.25) is 0 Å². The minimum absolute atomic E-state index is 0.260. The third kappa shape index (κ3) is 5.65. The van der Waals surface area contributed by atoms with Gasteiger partial charge in [0.05, 0.1) is 6.42 Å². The highest BCUT2D eigenvalue weighted by atomic mass is 32.2. The second-order valence-electron chi connectivity index (χ2n) is 3.79. The van der Waals surface area contributed by atoms with Crippen LogP contribution < -0.4 is 0 Å². The number of hydrogen-bond donors (Lipinski definition) is 0. The molecular formula is C10H19N2O2S3+. The molecule has 0 heterocycles. The summed E-state index contributed by atoms with van der Waals surface area (Å²) in [5.41, 5.74) is 0. The molecule has 0 bridgehead atoms. The van der Waals surface area contributed by atoms with E-state index in [4.69, 9.17) is 28.6 Å². The summed E-state index contributed by atoms with van der Waals surface area (Å²) < 4.78 is 6.43. The summed E-state index contributed by atoms with van der Waals surface area (Å²) in [6, 6.07) is 0. The zero-order valence-electron chi connectivity index (χ0n) is 10.8. The van der Waals surface area contributed by atoms with Gasteiger partial charge in [-0.05, 0) is 6.42 Å². The summed E-state index contributed by atoms with van der Waals surface area (Å²) in [4.78, 5) is 15.0. The summed E-state index contributed by atoms with van der Waals surface area (Å²) in [5.74, 6) is -0.260. The molecule has 0 saturated carbocycles. The second kappa shape index (κ2) is 7.84. The maximum atomic E-state index is 11.5. The molecule has 0 N–H and O–H groups in total. The number of rotatable bonds is 2. The minimum Gasteiger partial charge on any atom is -0.326 e. The number of carbonyl (C=O) groups excluding carboxylic acids is 1. The summed E-state index contributed by atoms with van der Waals surface area (Å²) in [6.45, 7) is 1.92. The van der Waals surface area contributed by atoms with Crippen molar-refractivity contribution in [3.63, 3.8) is 0 Å². The Morgan fingerprint density at radius 2 is 1.53 bits per heavy atom. The number of carbonyl (C=O) groups is 1. The molecule has 0 aliphatic heterocycles. The molecule has 7 heteroatoms. The van der Waals surface area contributed by atoms with E-state index in [-0.39, 0.29) is 5.97 Å². The Kier molecular flexibility index (Phi) is 7.65. The van der Waals surface area contributed by atoms with Crippen molar-refractivity contribution >= 4 is 50.2 Å². The Morgan fingerprint density at radius 3 is 1.82 bits per heavy atom. The fraction of sp³-hybridized carbons (Fsp3) is 0.700. The van der Waals surface area contributed by atoms with Crippen LogP contribution in [-0.2, 0) is 20.2 Å². The Morgan fingerprint density at radius 1 is 1.12 bits per heavy atom. The summed E-state index contributed by atoms with van der Waals surface area (Å²) >= 11 is 9.55. The predicted octanol–water partition coefficient (Wildman–Crippen LogP) is 1.56. The van der Waals surface area contributed by atoms with E-state index in [2.05, 4.69) is 0 Å². The fourth-order valence-electron chi connectivity index (χ4n) is 0.816. The maximum absolute atomic E-state index is 11.5. The van der Waals surface area contributed by atoms with Crippen molar-refractivity contribution in [1.29, 1.82) is 0 Å². The van der Waals surface area contributed by atoms with Gasteiger partial charge in [0.15, 0.2) is 0 Å². The first kappa shape index (κ1) is 16.6. The van der Waals surface area contributed by atoms with Gasteiger partial charge in [-0.25, -0.2) is 8.98 Å². The molecule has 98 valence electrons. The Labute approximate surface area is 117 Å². The molecule has 0 aliphatic rings. The molecule has 4 nitrogen and oxygen atoms in total. The van der Waals surface area contributed by atoms with E-state index in [1.165, 1.54) is 0 Å². The Bertz CT molecular complexity index is 286. The second-order valence-corrected chi connectivity index (χ2v) is 6.56. The average Bonchev–Trinajstić information content (AvgIpc) is 2.24. The molecule has 0 unspecified atom stereocenters. The molecule has 0 aromatic heterocycles. The lowest BCUT2D eigenvalue weighted by Crippen LogP contribution is -2.40. The monoisotopic (exact) mass is 295 g/mol. The first-order valence-corrected chi connectivity index (χ1v) is 7.15. The maximum Gasteiger partial charge on any atom is 0.365 e. The quantitative estimate of drug-likeness (QED) is 0.568. The van der Waals surface area contributed by atoms with Gasteiger partial charge in [-0.1, -0.05) is 6.92 Å². The highest BCUT2D eigenvalue weighted by Crippen LogP contribution is 2.12. The van der Waals surface area contributed by atoms with Crippen LogP contribution in [0.25, 0.3) is 0 Å². The molecule has 0 radical (unpaired) electrons. The lowest BCUT2D eigenvalue weighted by molar-refractivity contribution is -0.133. The van der Waals surface area contributed by atoms with Crippen LogP contribution in [0.3, 0.4) is 0 Å². The third-order valence-electron chi connectivity index (χ3n) is 1.68. The highest BCUT2D eigenvalue weighted by molar-refractivity contribution is 8.32. The van der Waals surface area contributed by atoms with Gasteiger partial charge in [0, 0.05) is 52.6 Å². The Hall–Kier alpha value is -0.400. The van der Waals surface area contributed by atoms with Crippen molar-refractivity contribution in [1.82, 2.24) is 9.80 Å². The van der Waals surface area contributed by atoms with Crippen molar-refractivity contribution in [2.45, 2.75) is 19.8 Å². The van der Waals surface area contributed by atoms with Gasteiger partial charge in [-0.2, -0.15) is 0 Å². The average molecular weight is 295 g/mol. The van der Waals surface area contributed by atoms with Gasteiger partial charge >= 0.3 is 25.8 Å². The van der Waals surface area contributed by atoms with Crippen LogP contribution in [0.5, 0.6) is 0 Å². The summed E-state index contributed by atoms with van der Waals surface area (Å²) in [5, 5.41) is 0. The summed E-state index contributed by atoms with van der Waals surface area (Å²) in [7, 11) is 7.26. The van der Waals surface area contributed by atoms with Crippen LogP contribution >= 0.6 is 24.4 Å². The van der Waals surface area contributed by atoms with Gasteiger partial charge in [0.2, 0.25) is 0 Å². The molecule has 0 aromatic rings. The van der Waals surface area contributed by atoms with E-state index in [1.807, 2.05) is 35.1 Å². The molecule has 0 atom stereocenters. The van der Waals surface area contributed by atoms with Crippen LogP contribution in [-0.4, -0.2) is 52.6 Å². The van der Waals surface area contributed by atoms with Crippen molar-refractivity contribution in [3.05, 3.63) is 0 Å². The van der Waals surface area contributed by atoms with Crippen LogP contribution in [0.15, 0.2) is 0 Å². The molecule has 0 aromatic carbocycles. The van der Waals surface area contributed by atoms with Crippen molar-refractivity contribution in [3.8, 4) is 0 Å². The Balaban J connectivity index is 4.80. The highest BCUT2D eigenvalue weighted by Gasteiger charge is 2.40. The van der Waals surface area contributed by atoms with Gasteiger partial charge < -0.3 is 9.80 Å². The van der Waals surface area contributed by atoms with Gasteiger partial charge in [0.1, 0.15) is 0 Å². The lowest BCUT2D eigenvalue weighted by atomic mass is 10.4. The van der Waals surface area contributed by atoms with E-state index in [9.17, 15) is 4.79 Å². The van der Waals surface area contributed by atoms with Crippen LogP contribution in [0.1, 0.15) is 19.8 Å². The van der Waals surface area contributed by atoms with Crippen LogP contribution in [0, 0.1) is 0 Å². The van der Waals surface area contributed by atoms with Crippen molar-refractivity contribution in [2.75, 3.05) is 28.2 Å². The largest absolute Gasteiger partial charge is 0.365 e. The van der Waals surface area contributed by atoms with E-state index < -0.39 is 11.2 Å². The normalized spacial score (nSPS) is 10.0. The molecule has 17 heavy (non-hydrogen) atoms. The number of hydrogen-bond acceptors (Lipinski definition) is 4. The standard InChI is InChI=1S/C10H19N2O2S3/c1-6-7-8(13)14-17(9(15)11(2)3)10(16)12(4)5/h6-7H2,1-5H3/q+1. The van der Waals surface area contributed by atoms with Crippen molar-refractivity contribution in [2.24, 2.45) is 0 Å². The first-order valence-electron chi connectivity index (χ1n) is 5.19. The molecule has 0 saturated heterocycles. The molecule has 0 amide bonds. The van der Waals surface area contributed by atoms with Crippen molar-refractivity contribution < 1.29 is 8.98 Å². The fourth-order valence-corrected chi connectivity index (χ4v) is 2.88. The minimum atomic E-state index is -0.941. The van der Waals surface area contributed by atoms with E-state index in [0.29, 0.717) is 15.1 Å². The summed E-state index contributed by atoms with van der Waals surface area (Å²) in [6.07, 6.45) is 1.13. The molecule has 0 aliphatic carbocycles. The van der Waals surface area contributed by atoms with E-state index >= 15 is 0 Å². The first-order chi connectivity index (χ1) is 7.81. The molecule has 0 spiro atoms. The topological polar surface area (TPSA) is 32.8 Å². The van der Waals surface area contributed by atoms with Crippen LogP contribution in [0.4, 0.5) is 0 Å². The molecular weight excluding hydrogens is 276 g/mol. The zero-order chi connectivity index (χ0) is 13.6. The van der Waals surface area contributed by atoms with Gasteiger partial charge in [-0.15, -0.1) is 0 Å². The molecule has 0 fully saturated rings. The predicted molar refractivity (Wildman–Crippen MR) is 80.9 cm³/mol. The number of nitrogens with zero attached hydrogens (tertiary/aromatic N) is 2. The number of thiocarbonyl (C=S) groups is 2. The van der Waals surface area contributed by atoms with E-state index in [0.717, 1.165) is 6.42 Å². The lowest BCUT2D eigenvalue weighted by Gasteiger charge is -2.15. The third-order valence-corrected chi connectivity index (χ3v) is 5.03.